The number of ether oxygens (including phenoxy) is 3. The monoisotopic (exact) mass is 531 g/mol. The number of nitrogens with one attached hydrogen (secondary N) is 2. The number of carbonyl (C=O) groups is 3. The van der Waals surface area contributed by atoms with Crippen molar-refractivity contribution in [1.82, 2.24) is 10.2 Å². The number of urea groups is 1. The molecule has 0 unspecified atom stereocenters. The van der Waals surface area contributed by atoms with Gasteiger partial charge in [-0.3, -0.25) is 0 Å². The van der Waals surface area contributed by atoms with Crippen molar-refractivity contribution in [3.8, 4) is 16.9 Å². The van der Waals surface area contributed by atoms with Crippen LogP contribution >= 0.6 is 0 Å². The third-order valence-electron chi connectivity index (χ3n) is 6.07. The summed E-state index contributed by atoms with van der Waals surface area (Å²) in [6, 6.07) is 22.6. The van der Waals surface area contributed by atoms with E-state index in [1.807, 2.05) is 42.5 Å². The van der Waals surface area contributed by atoms with E-state index in [4.69, 9.17) is 14.2 Å². The first-order valence-electron chi connectivity index (χ1n) is 12.7. The summed E-state index contributed by atoms with van der Waals surface area (Å²) in [5.41, 5.74) is 2.24. The van der Waals surface area contributed by atoms with Gasteiger partial charge in [-0.1, -0.05) is 42.5 Å². The van der Waals surface area contributed by atoms with E-state index in [1.54, 1.807) is 64.3 Å². The number of methoxy groups -OCH3 is 1. The maximum absolute atomic E-state index is 13.0. The molecular formula is C30H33N3O6. The highest BCUT2D eigenvalue weighted by atomic mass is 16.6. The first kappa shape index (κ1) is 27.5. The maximum Gasteiger partial charge on any atom is 0.410 e. The van der Waals surface area contributed by atoms with Crippen molar-refractivity contribution in [2.24, 2.45) is 0 Å². The molecule has 1 fully saturated rings. The Bertz CT molecular complexity index is 1290. The van der Waals surface area contributed by atoms with Crippen molar-refractivity contribution < 1.29 is 28.6 Å². The minimum absolute atomic E-state index is 0.0796. The zero-order valence-corrected chi connectivity index (χ0v) is 22.5. The van der Waals surface area contributed by atoms with Crippen LogP contribution in [0.2, 0.25) is 0 Å². The molecule has 1 saturated heterocycles. The number of hydrogen-bond acceptors (Lipinski definition) is 6. The normalized spacial score (nSPS) is 16.8. The van der Waals surface area contributed by atoms with Gasteiger partial charge in [0.2, 0.25) is 0 Å². The Balaban J connectivity index is 1.45. The summed E-state index contributed by atoms with van der Waals surface area (Å²) < 4.78 is 16.4. The van der Waals surface area contributed by atoms with Gasteiger partial charge in [0, 0.05) is 12.2 Å². The van der Waals surface area contributed by atoms with Crippen LogP contribution in [-0.2, 0) is 9.47 Å². The van der Waals surface area contributed by atoms with Gasteiger partial charge in [0.05, 0.1) is 25.3 Å². The van der Waals surface area contributed by atoms with Crippen LogP contribution in [0.25, 0.3) is 11.1 Å². The summed E-state index contributed by atoms with van der Waals surface area (Å²) in [7, 11) is 1.56. The van der Waals surface area contributed by atoms with Crippen molar-refractivity contribution in [1.29, 1.82) is 0 Å². The quantitative estimate of drug-likeness (QED) is 0.417. The predicted octanol–water partition coefficient (Wildman–Crippen LogP) is 5.33. The summed E-state index contributed by atoms with van der Waals surface area (Å²) >= 11 is 0. The average molecular weight is 532 g/mol. The molecule has 204 valence electrons. The molecule has 9 nitrogen and oxygen atoms in total. The van der Waals surface area contributed by atoms with E-state index in [0.29, 0.717) is 17.0 Å². The lowest BCUT2D eigenvalue weighted by Crippen LogP contribution is -2.46. The molecule has 0 spiro atoms. The molecule has 0 bridgehead atoms. The molecule has 0 radical (unpaired) electrons. The van der Waals surface area contributed by atoms with E-state index in [-0.39, 0.29) is 13.1 Å². The highest BCUT2D eigenvalue weighted by Crippen LogP contribution is 2.22. The smallest absolute Gasteiger partial charge is 0.410 e. The van der Waals surface area contributed by atoms with Crippen molar-refractivity contribution in [3.05, 3.63) is 84.4 Å². The Morgan fingerprint density at radius 3 is 2.10 bits per heavy atom. The lowest BCUT2D eigenvalue weighted by atomic mass is 10.0. The molecular weight excluding hydrogens is 498 g/mol. The van der Waals surface area contributed by atoms with Gasteiger partial charge in [-0.2, -0.15) is 0 Å². The van der Waals surface area contributed by atoms with Gasteiger partial charge in [0.1, 0.15) is 17.5 Å². The van der Waals surface area contributed by atoms with E-state index >= 15 is 0 Å². The maximum atomic E-state index is 13.0. The van der Waals surface area contributed by atoms with E-state index in [1.165, 1.54) is 4.90 Å². The van der Waals surface area contributed by atoms with Crippen LogP contribution in [0.15, 0.2) is 78.9 Å². The summed E-state index contributed by atoms with van der Waals surface area (Å²) in [5.74, 6) is 0.113. The second-order valence-electron chi connectivity index (χ2n) is 10.2. The number of hydrogen-bond donors (Lipinski definition) is 2. The summed E-state index contributed by atoms with van der Waals surface area (Å²) in [6.45, 7) is 5.52. The van der Waals surface area contributed by atoms with Crippen molar-refractivity contribution in [3.63, 3.8) is 0 Å². The number of rotatable bonds is 6. The molecule has 0 aromatic heterocycles. The minimum Gasteiger partial charge on any atom is -0.497 e. The molecule has 4 rings (SSSR count). The second kappa shape index (κ2) is 11.9. The molecule has 39 heavy (non-hydrogen) atoms. The van der Waals surface area contributed by atoms with Crippen LogP contribution in [0.4, 0.5) is 15.3 Å². The Morgan fingerprint density at radius 2 is 1.49 bits per heavy atom. The Morgan fingerprint density at radius 1 is 0.846 bits per heavy atom. The van der Waals surface area contributed by atoms with Gasteiger partial charge in [0.15, 0.2) is 0 Å². The third kappa shape index (κ3) is 7.50. The summed E-state index contributed by atoms with van der Waals surface area (Å²) in [5, 5.41) is 5.58. The van der Waals surface area contributed by atoms with Crippen molar-refractivity contribution in [2.45, 2.75) is 38.5 Å². The SMILES string of the molecule is COc1ccc(NC(=O)N[C@H]2CN(C(=O)OC(C)(C)C)C[C@@H]2OC(=O)c2ccc(-c3ccccc3)cc2)cc1. The Labute approximate surface area is 228 Å². The van der Waals surface area contributed by atoms with Crippen LogP contribution in [0.3, 0.4) is 0 Å². The fourth-order valence-corrected chi connectivity index (χ4v) is 4.15. The number of benzene rings is 3. The van der Waals surface area contributed by atoms with Crippen LogP contribution in [0, 0.1) is 0 Å². The number of esters is 1. The molecule has 1 aliphatic rings. The Kier molecular flexibility index (Phi) is 8.39. The summed E-state index contributed by atoms with van der Waals surface area (Å²) in [4.78, 5) is 40.0. The molecule has 0 aliphatic carbocycles. The molecule has 1 aliphatic heterocycles. The molecule has 1 heterocycles. The molecule has 3 aromatic rings. The first-order valence-corrected chi connectivity index (χ1v) is 12.7. The molecule has 3 aromatic carbocycles. The molecule has 3 amide bonds. The highest BCUT2D eigenvalue weighted by molar-refractivity contribution is 5.91. The Hall–Kier alpha value is -4.53. The number of nitrogens with zero attached hydrogens (tertiary/aromatic N) is 1. The zero-order valence-electron chi connectivity index (χ0n) is 22.5. The van der Waals surface area contributed by atoms with Crippen molar-refractivity contribution in [2.75, 3.05) is 25.5 Å². The predicted molar refractivity (Wildman–Crippen MR) is 148 cm³/mol. The fourth-order valence-electron chi connectivity index (χ4n) is 4.15. The van der Waals surface area contributed by atoms with Crippen LogP contribution in [0.1, 0.15) is 31.1 Å². The van der Waals surface area contributed by atoms with E-state index in [0.717, 1.165) is 11.1 Å². The molecule has 9 heteroatoms. The van der Waals surface area contributed by atoms with E-state index in [2.05, 4.69) is 10.6 Å². The second-order valence-corrected chi connectivity index (χ2v) is 10.2. The molecule has 2 atom stereocenters. The average Bonchev–Trinajstić information content (AvgIpc) is 3.30. The first-order chi connectivity index (χ1) is 18.6. The highest BCUT2D eigenvalue weighted by Gasteiger charge is 2.40. The largest absolute Gasteiger partial charge is 0.497 e. The lowest BCUT2D eigenvalue weighted by Gasteiger charge is -2.24. The van der Waals surface area contributed by atoms with Gasteiger partial charge in [0.25, 0.3) is 0 Å². The number of likely N-dealkylation sites (tertiary alicyclic amines) is 1. The number of carbonyl (C=O) groups excluding carboxylic acids is 3. The fraction of sp³-hybridized carbons (Fsp3) is 0.300. The summed E-state index contributed by atoms with van der Waals surface area (Å²) in [6.07, 6.45) is -1.32. The third-order valence-corrected chi connectivity index (χ3v) is 6.07. The number of anilines is 1. The topological polar surface area (TPSA) is 106 Å². The lowest BCUT2D eigenvalue weighted by molar-refractivity contribution is 0.0180. The van der Waals surface area contributed by atoms with Gasteiger partial charge < -0.3 is 29.7 Å². The number of amides is 3. The van der Waals surface area contributed by atoms with Gasteiger partial charge in [-0.25, -0.2) is 14.4 Å². The van der Waals surface area contributed by atoms with Crippen LogP contribution < -0.4 is 15.4 Å². The van der Waals surface area contributed by atoms with Crippen LogP contribution in [-0.4, -0.2) is 60.9 Å². The molecule has 0 saturated carbocycles. The van der Waals surface area contributed by atoms with E-state index in [9.17, 15) is 14.4 Å². The van der Waals surface area contributed by atoms with Crippen molar-refractivity contribution >= 4 is 23.8 Å². The standard InChI is InChI=1S/C30H33N3O6/c1-30(2,3)39-29(36)33-18-25(32-28(35)31-23-14-16-24(37-4)17-15-23)26(19-33)38-27(34)22-12-10-21(11-13-22)20-8-6-5-7-9-20/h5-17,25-26H,18-19H2,1-4H3,(H2,31,32,35)/t25-,26-/m0/s1. The zero-order chi connectivity index (χ0) is 28.0. The minimum atomic E-state index is -0.777. The molecule has 2 N–H and O–H groups in total. The van der Waals surface area contributed by atoms with Gasteiger partial charge >= 0.3 is 18.1 Å². The van der Waals surface area contributed by atoms with Crippen LogP contribution in [0.5, 0.6) is 5.75 Å². The van der Waals surface area contributed by atoms with Gasteiger partial charge in [-0.05, 0) is 68.3 Å². The van der Waals surface area contributed by atoms with Gasteiger partial charge in [-0.15, -0.1) is 0 Å². The van der Waals surface area contributed by atoms with E-state index < -0.39 is 35.8 Å².